The van der Waals surface area contributed by atoms with Gasteiger partial charge in [0.15, 0.2) is 0 Å². The van der Waals surface area contributed by atoms with Gasteiger partial charge in [0.05, 0.1) is 12.9 Å². The number of fused-ring (bicyclic) bond motifs is 1. The van der Waals surface area contributed by atoms with E-state index < -0.39 is 0 Å². The van der Waals surface area contributed by atoms with E-state index in [1.807, 2.05) is 18.7 Å². The number of nitrogens with one attached hydrogen (secondary N) is 1. The molecule has 0 spiro atoms. The summed E-state index contributed by atoms with van der Waals surface area (Å²) in [5, 5.41) is 3.63. The molecule has 106 valence electrons. The molecule has 0 amide bonds. The first-order valence-electron chi connectivity index (χ1n) is 7.31. The van der Waals surface area contributed by atoms with Gasteiger partial charge in [-0.25, -0.2) is 4.98 Å². The number of hydrogen-bond acceptors (Lipinski definition) is 3. The van der Waals surface area contributed by atoms with Crippen LogP contribution in [0.5, 0.6) is 5.75 Å². The van der Waals surface area contributed by atoms with Crippen LogP contribution >= 0.6 is 0 Å². The van der Waals surface area contributed by atoms with Crippen molar-refractivity contribution in [2.24, 2.45) is 0 Å². The number of ether oxygens (including phenoxy) is 1. The Morgan fingerprint density at radius 2 is 2.40 bits per heavy atom. The van der Waals surface area contributed by atoms with E-state index >= 15 is 0 Å². The van der Waals surface area contributed by atoms with E-state index in [1.54, 1.807) is 0 Å². The molecule has 3 rings (SSSR count). The van der Waals surface area contributed by atoms with Crippen LogP contribution in [0.3, 0.4) is 0 Å². The van der Waals surface area contributed by atoms with Crippen molar-refractivity contribution in [3.63, 3.8) is 0 Å². The minimum absolute atomic E-state index is 0.407. The maximum Gasteiger partial charge on any atom is 0.122 e. The standard InChI is InChI=1S/C16H21N3O/c1-2-15(18-7-9-19-8-6-17-12-19)13-3-4-16-14(11-13)5-10-20-16/h3-4,6,8,11-12,15,18H,2,5,7,9-10H2,1H3. The van der Waals surface area contributed by atoms with Crippen molar-refractivity contribution in [2.75, 3.05) is 13.2 Å². The van der Waals surface area contributed by atoms with Crippen LogP contribution in [-0.2, 0) is 13.0 Å². The van der Waals surface area contributed by atoms with Crippen LogP contribution in [0.1, 0.15) is 30.5 Å². The van der Waals surface area contributed by atoms with E-state index in [2.05, 4.69) is 40.0 Å². The highest BCUT2D eigenvalue weighted by atomic mass is 16.5. The molecular formula is C16H21N3O. The van der Waals surface area contributed by atoms with Gasteiger partial charge in [-0.3, -0.25) is 0 Å². The Balaban J connectivity index is 1.61. The zero-order valence-corrected chi connectivity index (χ0v) is 11.9. The first-order chi connectivity index (χ1) is 9.86. The summed E-state index contributed by atoms with van der Waals surface area (Å²) in [7, 11) is 0. The van der Waals surface area contributed by atoms with Gasteiger partial charge >= 0.3 is 0 Å². The molecule has 1 atom stereocenters. The lowest BCUT2D eigenvalue weighted by molar-refractivity contribution is 0.356. The second-order valence-corrected chi connectivity index (χ2v) is 5.18. The molecule has 1 aromatic heterocycles. The van der Waals surface area contributed by atoms with E-state index in [4.69, 9.17) is 4.74 Å². The van der Waals surface area contributed by atoms with E-state index in [-0.39, 0.29) is 0 Å². The summed E-state index contributed by atoms with van der Waals surface area (Å²) in [6, 6.07) is 6.99. The van der Waals surface area contributed by atoms with Gasteiger partial charge in [0, 0.05) is 37.9 Å². The van der Waals surface area contributed by atoms with Gasteiger partial charge in [-0.15, -0.1) is 0 Å². The average Bonchev–Trinajstić information content (AvgIpc) is 3.13. The van der Waals surface area contributed by atoms with Gasteiger partial charge in [-0.05, 0) is 23.6 Å². The third kappa shape index (κ3) is 2.85. The van der Waals surface area contributed by atoms with Gasteiger partial charge in [0.2, 0.25) is 0 Å². The molecule has 1 aliphatic heterocycles. The summed E-state index contributed by atoms with van der Waals surface area (Å²) in [5.41, 5.74) is 2.71. The molecule has 0 fully saturated rings. The number of imidazole rings is 1. The first kappa shape index (κ1) is 13.2. The topological polar surface area (TPSA) is 39.1 Å². The van der Waals surface area contributed by atoms with Crippen molar-refractivity contribution >= 4 is 0 Å². The monoisotopic (exact) mass is 271 g/mol. The first-order valence-corrected chi connectivity index (χ1v) is 7.31. The molecule has 1 aromatic carbocycles. The maximum absolute atomic E-state index is 5.57. The lowest BCUT2D eigenvalue weighted by Crippen LogP contribution is -2.24. The van der Waals surface area contributed by atoms with Crippen molar-refractivity contribution in [1.82, 2.24) is 14.9 Å². The second kappa shape index (κ2) is 6.09. The lowest BCUT2D eigenvalue weighted by Gasteiger charge is -2.18. The molecule has 1 N–H and O–H groups in total. The van der Waals surface area contributed by atoms with Gasteiger partial charge in [-0.1, -0.05) is 19.1 Å². The quantitative estimate of drug-likeness (QED) is 0.877. The zero-order valence-electron chi connectivity index (χ0n) is 11.9. The fourth-order valence-corrected chi connectivity index (χ4v) is 2.71. The molecule has 2 heterocycles. The van der Waals surface area contributed by atoms with Crippen molar-refractivity contribution in [1.29, 1.82) is 0 Å². The number of benzene rings is 1. The van der Waals surface area contributed by atoms with Crippen molar-refractivity contribution in [3.05, 3.63) is 48.0 Å². The van der Waals surface area contributed by atoms with E-state index in [0.29, 0.717) is 6.04 Å². The van der Waals surface area contributed by atoms with Crippen LogP contribution in [0.25, 0.3) is 0 Å². The summed E-state index contributed by atoms with van der Waals surface area (Å²) < 4.78 is 7.66. The normalized spacial score (nSPS) is 14.8. The van der Waals surface area contributed by atoms with Crippen molar-refractivity contribution in [3.8, 4) is 5.75 Å². The molecule has 0 saturated heterocycles. The van der Waals surface area contributed by atoms with E-state index in [9.17, 15) is 0 Å². The highest BCUT2D eigenvalue weighted by Crippen LogP contribution is 2.28. The van der Waals surface area contributed by atoms with Gasteiger partial charge in [0.1, 0.15) is 5.75 Å². The number of nitrogens with zero attached hydrogens (tertiary/aromatic N) is 2. The Hall–Kier alpha value is -1.81. The summed E-state index contributed by atoms with van der Waals surface area (Å²) in [6.45, 7) is 4.94. The third-order valence-corrected chi connectivity index (χ3v) is 3.84. The minimum atomic E-state index is 0.407. The van der Waals surface area contributed by atoms with E-state index in [1.165, 1.54) is 11.1 Å². The van der Waals surface area contributed by atoms with E-state index in [0.717, 1.165) is 38.3 Å². The predicted molar refractivity (Wildman–Crippen MR) is 78.9 cm³/mol. The molecule has 0 bridgehead atoms. The molecular weight excluding hydrogens is 250 g/mol. The fraction of sp³-hybridized carbons (Fsp3) is 0.438. The Kier molecular flexibility index (Phi) is 4.02. The van der Waals surface area contributed by atoms with Crippen LogP contribution in [-0.4, -0.2) is 22.7 Å². The zero-order chi connectivity index (χ0) is 13.8. The van der Waals surface area contributed by atoms with Gasteiger partial charge in [0.25, 0.3) is 0 Å². The van der Waals surface area contributed by atoms with Crippen LogP contribution in [0, 0.1) is 0 Å². The van der Waals surface area contributed by atoms with Crippen molar-refractivity contribution < 1.29 is 4.74 Å². The molecule has 1 unspecified atom stereocenters. The molecule has 0 radical (unpaired) electrons. The highest BCUT2D eigenvalue weighted by Gasteiger charge is 2.15. The minimum Gasteiger partial charge on any atom is -0.493 e. The number of hydrogen-bond donors (Lipinski definition) is 1. The van der Waals surface area contributed by atoms with Gasteiger partial charge < -0.3 is 14.6 Å². The van der Waals surface area contributed by atoms with Crippen LogP contribution in [0.2, 0.25) is 0 Å². The van der Waals surface area contributed by atoms with Crippen molar-refractivity contribution in [2.45, 2.75) is 32.4 Å². The van der Waals surface area contributed by atoms with Gasteiger partial charge in [-0.2, -0.15) is 0 Å². The molecule has 2 aromatic rings. The summed E-state index contributed by atoms with van der Waals surface area (Å²) >= 11 is 0. The average molecular weight is 271 g/mol. The fourth-order valence-electron chi connectivity index (χ4n) is 2.71. The molecule has 4 heteroatoms. The van der Waals surface area contributed by atoms with Crippen LogP contribution in [0.4, 0.5) is 0 Å². The molecule has 1 aliphatic rings. The molecule has 4 nitrogen and oxygen atoms in total. The maximum atomic E-state index is 5.57. The largest absolute Gasteiger partial charge is 0.493 e. The predicted octanol–water partition coefficient (Wildman–Crippen LogP) is 2.56. The Morgan fingerprint density at radius 3 is 3.20 bits per heavy atom. The third-order valence-electron chi connectivity index (χ3n) is 3.84. The number of aromatic nitrogens is 2. The second-order valence-electron chi connectivity index (χ2n) is 5.18. The summed E-state index contributed by atoms with van der Waals surface area (Å²) in [4.78, 5) is 4.06. The lowest BCUT2D eigenvalue weighted by atomic mass is 10.0. The summed E-state index contributed by atoms with van der Waals surface area (Å²) in [6.07, 6.45) is 7.79. The Labute approximate surface area is 119 Å². The van der Waals surface area contributed by atoms with Crippen LogP contribution in [0.15, 0.2) is 36.9 Å². The summed E-state index contributed by atoms with van der Waals surface area (Å²) in [5.74, 6) is 1.06. The highest BCUT2D eigenvalue weighted by molar-refractivity contribution is 5.40. The number of rotatable bonds is 6. The molecule has 0 aliphatic carbocycles. The Bertz CT molecular complexity index is 551. The molecule has 20 heavy (non-hydrogen) atoms. The Morgan fingerprint density at radius 1 is 1.45 bits per heavy atom. The van der Waals surface area contributed by atoms with Crippen LogP contribution < -0.4 is 10.1 Å². The smallest absolute Gasteiger partial charge is 0.122 e. The molecule has 0 saturated carbocycles. The SMILES string of the molecule is CCC(NCCn1ccnc1)c1ccc2c(c1)CCO2.